The second kappa shape index (κ2) is 13.9. The van der Waals surface area contributed by atoms with Gasteiger partial charge < -0.3 is 15.7 Å². The molecule has 0 amide bonds. The first-order valence-electron chi connectivity index (χ1n) is 9.33. The highest BCUT2D eigenvalue weighted by atomic mass is 14.9. The summed E-state index contributed by atoms with van der Waals surface area (Å²) in [5.74, 6) is 0.599. The van der Waals surface area contributed by atoms with Gasteiger partial charge in [0.1, 0.15) is 0 Å². The lowest BCUT2D eigenvalue weighted by atomic mass is 10.1. The van der Waals surface area contributed by atoms with Crippen molar-refractivity contribution in [3.8, 4) is 0 Å². The van der Waals surface area contributed by atoms with Crippen LogP contribution in [0.2, 0.25) is 0 Å². The second-order valence-corrected chi connectivity index (χ2v) is 5.68. The molecule has 0 aliphatic rings. The van der Waals surface area contributed by atoms with Crippen molar-refractivity contribution in [2.24, 2.45) is 11.7 Å². The van der Waals surface area contributed by atoms with Crippen molar-refractivity contribution in [1.29, 1.82) is 5.41 Å². The predicted octanol–water partition coefficient (Wildman–Crippen LogP) is 3.93. The molecule has 1 atom stereocenters. The molecular weight excluding hydrogens is 318 g/mol. The third-order valence-corrected chi connectivity index (χ3v) is 3.93. The summed E-state index contributed by atoms with van der Waals surface area (Å²) in [5, 5.41) is 9.44. The van der Waals surface area contributed by atoms with Crippen LogP contribution in [-0.4, -0.2) is 17.8 Å². The average molecular weight is 354 g/mol. The molecular formula is C23H35N3. The normalized spacial score (nSPS) is 12.0. The molecule has 1 aromatic carbocycles. The Hall–Kier alpha value is -2.39. The Labute approximate surface area is 159 Å². The lowest BCUT2D eigenvalue weighted by Crippen LogP contribution is -2.27. The van der Waals surface area contributed by atoms with E-state index in [1.165, 1.54) is 18.8 Å². The molecule has 0 saturated carbocycles. The summed E-state index contributed by atoms with van der Waals surface area (Å²) < 4.78 is 2.21. The van der Waals surface area contributed by atoms with Gasteiger partial charge in [0.15, 0.2) is 0 Å². The van der Waals surface area contributed by atoms with E-state index in [1.54, 1.807) is 0 Å². The average Bonchev–Trinajstić information content (AvgIpc) is 3.05. The van der Waals surface area contributed by atoms with Crippen LogP contribution in [-0.2, 0) is 6.54 Å². The number of nitrogens with two attached hydrogens (primary N) is 1. The van der Waals surface area contributed by atoms with Gasteiger partial charge in [-0.1, -0.05) is 77.1 Å². The predicted molar refractivity (Wildman–Crippen MR) is 117 cm³/mol. The minimum atomic E-state index is 0.599. The summed E-state index contributed by atoms with van der Waals surface area (Å²) in [6, 6.07) is 10.1. The lowest BCUT2D eigenvalue weighted by molar-refractivity contribution is 0.698. The van der Waals surface area contributed by atoms with Gasteiger partial charge in [0, 0.05) is 24.3 Å². The van der Waals surface area contributed by atoms with Crippen LogP contribution in [0.3, 0.4) is 0 Å². The summed E-state index contributed by atoms with van der Waals surface area (Å²) in [6.45, 7) is 13.3. The van der Waals surface area contributed by atoms with Crippen LogP contribution in [0, 0.1) is 11.3 Å². The number of hydrogen-bond donors (Lipinski definition) is 2. The van der Waals surface area contributed by atoms with Crippen LogP contribution >= 0.6 is 0 Å². The van der Waals surface area contributed by atoms with Crippen molar-refractivity contribution < 1.29 is 0 Å². The lowest BCUT2D eigenvalue weighted by Gasteiger charge is -2.05. The van der Waals surface area contributed by atoms with E-state index < -0.39 is 0 Å². The minimum Gasteiger partial charge on any atom is -0.343 e. The number of benzene rings is 1. The molecule has 142 valence electrons. The van der Waals surface area contributed by atoms with E-state index in [9.17, 15) is 0 Å². The number of nitrogens with one attached hydrogen (secondary N) is 1. The molecule has 3 heteroatoms. The number of allylic oxidation sites excluding steroid dienone is 2. The van der Waals surface area contributed by atoms with Gasteiger partial charge in [-0.05, 0) is 41.5 Å². The fraction of sp³-hybridized carbons (Fsp3) is 0.348. The molecule has 1 heterocycles. The van der Waals surface area contributed by atoms with Crippen molar-refractivity contribution in [3.63, 3.8) is 0 Å². The Bertz CT molecular complexity index is 752. The molecule has 0 aliphatic heterocycles. The van der Waals surface area contributed by atoms with E-state index in [0.29, 0.717) is 5.92 Å². The smallest absolute Gasteiger partial charge is 0.0477 e. The molecule has 1 aromatic heterocycles. The summed E-state index contributed by atoms with van der Waals surface area (Å²) >= 11 is 0. The Morgan fingerprint density at radius 3 is 2.31 bits per heavy atom. The van der Waals surface area contributed by atoms with E-state index in [2.05, 4.69) is 73.4 Å². The van der Waals surface area contributed by atoms with E-state index in [0.717, 1.165) is 29.1 Å². The molecule has 0 bridgehead atoms. The van der Waals surface area contributed by atoms with Crippen LogP contribution < -0.4 is 16.3 Å². The topological polar surface area (TPSA) is 54.8 Å². The zero-order valence-corrected chi connectivity index (χ0v) is 17.0. The third-order valence-electron chi connectivity index (χ3n) is 3.93. The fourth-order valence-electron chi connectivity index (χ4n) is 2.26. The molecule has 2 aromatic rings. The van der Waals surface area contributed by atoms with Crippen LogP contribution in [0.5, 0.6) is 0 Å². The number of rotatable bonds is 6. The van der Waals surface area contributed by atoms with Gasteiger partial charge in [0.05, 0.1) is 0 Å². The first-order valence-corrected chi connectivity index (χ1v) is 9.33. The van der Waals surface area contributed by atoms with Crippen molar-refractivity contribution >= 4 is 18.9 Å². The van der Waals surface area contributed by atoms with Crippen LogP contribution in [0.15, 0.2) is 48.7 Å². The highest BCUT2D eigenvalue weighted by Gasteiger charge is 1.98. The van der Waals surface area contributed by atoms with Gasteiger partial charge in [-0.3, -0.25) is 0 Å². The van der Waals surface area contributed by atoms with Crippen molar-refractivity contribution in [2.75, 3.05) is 7.05 Å². The molecule has 0 radical (unpaired) electrons. The zero-order valence-electron chi connectivity index (χ0n) is 17.0. The van der Waals surface area contributed by atoms with Gasteiger partial charge in [0.2, 0.25) is 0 Å². The molecule has 0 fully saturated rings. The van der Waals surface area contributed by atoms with E-state index in [-0.39, 0.29) is 0 Å². The van der Waals surface area contributed by atoms with Crippen LogP contribution in [0.1, 0.15) is 45.2 Å². The summed E-state index contributed by atoms with van der Waals surface area (Å²) in [4.78, 5) is 0. The number of aromatic nitrogens is 1. The SMILES string of the molecule is C=c1ccn(Cc2ccc(C=N)cc2)/c1=C/C=C\C(C)CC.CC.CN. The maximum atomic E-state index is 7.25. The molecule has 0 saturated heterocycles. The van der Waals surface area contributed by atoms with Gasteiger partial charge >= 0.3 is 0 Å². The monoisotopic (exact) mass is 353 g/mol. The molecule has 3 N–H and O–H groups in total. The number of nitrogens with zero attached hydrogens (tertiary/aromatic N) is 1. The Morgan fingerprint density at radius 2 is 1.77 bits per heavy atom. The highest BCUT2D eigenvalue weighted by Crippen LogP contribution is 2.04. The van der Waals surface area contributed by atoms with E-state index in [1.807, 2.05) is 26.0 Å². The number of hydrogen-bond acceptors (Lipinski definition) is 2. The van der Waals surface area contributed by atoms with E-state index in [4.69, 9.17) is 5.41 Å². The maximum Gasteiger partial charge on any atom is 0.0477 e. The van der Waals surface area contributed by atoms with Gasteiger partial charge in [-0.25, -0.2) is 0 Å². The van der Waals surface area contributed by atoms with Crippen molar-refractivity contribution in [2.45, 2.75) is 40.7 Å². The highest BCUT2D eigenvalue weighted by molar-refractivity contribution is 5.76. The van der Waals surface area contributed by atoms with Crippen molar-refractivity contribution in [3.05, 3.63) is 70.4 Å². The Balaban J connectivity index is 0.00000146. The van der Waals surface area contributed by atoms with Crippen molar-refractivity contribution in [1.82, 2.24) is 4.57 Å². The van der Waals surface area contributed by atoms with Gasteiger partial charge in [-0.2, -0.15) is 0 Å². The first kappa shape index (κ1) is 23.6. The largest absolute Gasteiger partial charge is 0.343 e. The third kappa shape index (κ3) is 7.66. The maximum absolute atomic E-state index is 7.25. The molecule has 0 aliphatic carbocycles. The summed E-state index contributed by atoms with van der Waals surface area (Å²) in [6.07, 6.45) is 11.1. The summed E-state index contributed by atoms with van der Waals surface area (Å²) in [7, 11) is 1.50. The quantitative estimate of drug-likeness (QED) is 0.760. The summed E-state index contributed by atoms with van der Waals surface area (Å²) in [5.41, 5.74) is 6.65. The van der Waals surface area contributed by atoms with Gasteiger partial charge in [0.25, 0.3) is 0 Å². The Morgan fingerprint density at radius 1 is 1.15 bits per heavy atom. The molecule has 2 rings (SSSR count). The van der Waals surface area contributed by atoms with Crippen LogP contribution in [0.25, 0.3) is 12.7 Å². The molecule has 0 spiro atoms. The second-order valence-electron chi connectivity index (χ2n) is 5.68. The fourth-order valence-corrected chi connectivity index (χ4v) is 2.26. The molecule has 1 unspecified atom stereocenters. The standard InChI is InChI=1S/C20H24N2.C2H6.CH5N/c1-4-16(2)6-5-7-20-17(3)12-13-22(20)15-19-10-8-18(14-21)9-11-19;2*1-2/h5-14,16,21H,3-4,15H2,1-2H3;1-2H3;2H2,1H3/b6-5-,20-7+,21-14?;;. The van der Waals surface area contributed by atoms with Crippen LogP contribution in [0.4, 0.5) is 0 Å². The molecule has 26 heavy (non-hydrogen) atoms. The Kier molecular flexibility index (Phi) is 12.6. The van der Waals surface area contributed by atoms with Gasteiger partial charge in [-0.15, -0.1) is 0 Å². The zero-order chi connectivity index (χ0) is 19.9. The minimum absolute atomic E-state index is 0.599. The molecule has 3 nitrogen and oxygen atoms in total. The van der Waals surface area contributed by atoms with E-state index >= 15 is 0 Å². The first-order chi connectivity index (χ1) is 12.6.